The third kappa shape index (κ3) is 2.92. The fourth-order valence-corrected chi connectivity index (χ4v) is 2.52. The van der Waals surface area contributed by atoms with Gasteiger partial charge in [0.25, 0.3) is 0 Å². The lowest BCUT2D eigenvalue weighted by molar-refractivity contribution is -0.00000256. The molecule has 0 bridgehead atoms. The summed E-state index contributed by atoms with van der Waals surface area (Å²) in [5.41, 5.74) is 0.845. The van der Waals surface area contributed by atoms with E-state index < -0.39 is 7.26 Å². The zero-order valence-corrected chi connectivity index (χ0v) is 9.94. The Hall–Kier alpha value is 0.200. The SMILES string of the molecule is CC(C1C=CC=C1)[P+](C)(C)C.[Cl-]. The largest absolute Gasteiger partial charge is 1.00 e. The maximum Gasteiger partial charge on any atom is 0.0758 e. The zero-order valence-electron chi connectivity index (χ0n) is 8.29. The smallest absolute Gasteiger partial charge is 0.0758 e. The second-order valence-corrected chi connectivity index (χ2v) is 9.25. The van der Waals surface area contributed by atoms with Crippen LogP contribution in [0.5, 0.6) is 0 Å². The molecule has 0 spiro atoms. The second-order valence-electron chi connectivity index (χ2n) is 4.20. The Labute approximate surface area is 82.9 Å². The van der Waals surface area contributed by atoms with E-state index in [-0.39, 0.29) is 12.4 Å². The fourth-order valence-electron chi connectivity index (χ4n) is 1.29. The second kappa shape index (κ2) is 4.44. The van der Waals surface area contributed by atoms with Crippen molar-refractivity contribution in [2.24, 2.45) is 5.92 Å². The highest BCUT2D eigenvalue weighted by atomic mass is 35.5. The van der Waals surface area contributed by atoms with Crippen LogP contribution in [0.4, 0.5) is 0 Å². The van der Waals surface area contributed by atoms with Gasteiger partial charge in [-0.15, -0.1) is 0 Å². The van der Waals surface area contributed by atoms with Gasteiger partial charge < -0.3 is 12.4 Å². The van der Waals surface area contributed by atoms with Crippen LogP contribution in [0.3, 0.4) is 0 Å². The van der Waals surface area contributed by atoms with Gasteiger partial charge in [0.05, 0.1) is 5.66 Å². The summed E-state index contributed by atoms with van der Waals surface area (Å²) in [4.78, 5) is 0. The summed E-state index contributed by atoms with van der Waals surface area (Å²) in [5.74, 6) is 0.711. The molecule has 1 aliphatic carbocycles. The minimum Gasteiger partial charge on any atom is -1.00 e. The molecular formula is C10H18ClP. The van der Waals surface area contributed by atoms with E-state index in [0.717, 1.165) is 5.66 Å². The first-order chi connectivity index (χ1) is 5.02. The molecule has 0 aromatic heterocycles. The van der Waals surface area contributed by atoms with Gasteiger partial charge in [-0.05, 0) is 6.92 Å². The number of allylic oxidation sites excluding steroid dienone is 4. The number of halogens is 1. The van der Waals surface area contributed by atoms with Gasteiger partial charge in [-0.25, -0.2) is 0 Å². The first-order valence-corrected chi connectivity index (χ1v) is 7.38. The van der Waals surface area contributed by atoms with Crippen molar-refractivity contribution >= 4 is 7.26 Å². The minimum absolute atomic E-state index is 0. The van der Waals surface area contributed by atoms with E-state index >= 15 is 0 Å². The molecule has 0 aromatic carbocycles. The lowest BCUT2D eigenvalue weighted by atomic mass is 10.1. The molecule has 1 unspecified atom stereocenters. The summed E-state index contributed by atoms with van der Waals surface area (Å²) in [6, 6.07) is 0. The van der Waals surface area contributed by atoms with Crippen LogP contribution in [0.15, 0.2) is 24.3 Å². The zero-order chi connectivity index (χ0) is 8.48. The van der Waals surface area contributed by atoms with Gasteiger partial charge in [0.1, 0.15) is 0 Å². The average Bonchev–Trinajstić information content (AvgIpc) is 2.34. The highest BCUT2D eigenvalue weighted by Gasteiger charge is 2.31. The van der Waals surface area contributed by atoms with E-state index in [2.05, 4.69) is 51.2 Å². The number of rotatable bonds is 2. The van der Waals surface area contributed by atoms with Crippen LogP contribution in [-0.2, 0) is 0 Å². The molecule has 12 heavy (non-hydrogen) atoms. The fraction of sp³-hybridized carbons (Fsp3) is 0.600. The summed E-state index contributed by atoms with van der Waals surface area (Å²) < 4.78 is 0. The van der Waals surface area contributed by atoms with Gasteiger partial charge >= 0.3 is 0 Å². The van der Waals surface area contributed by atoms with E-state index in [9.17, 15) is 0 Å². The van der Waals surface area contributed by atoms with Gasteiger partial charge in [-0.2, -0.15) is 0 Å². The van der Waals surface area contributed by atoms with Crippen molar-refractivity contribution in [3.8, 4) is 0 Å². The first-order valence-electron chi connectivity index (χ1n) is 4.18. The molecule has 0 N–H and O–H groups in total. The summed E-state index contributed by atoms with van der Waals surface area (Å²) in [6.45, 7) is 9.62. The predicted octanol–water partition coefficient (Wildman–Crippen LogP) is 0.0281. The number of hydrogen-bond acceptors (Lipinski definition) is 0. The van der Waals surface area contributed by atoms with Crippen LogP contribution in [0, 0.1) is 5.92 Å². The topological polar surface area (TPSA) is 0 Å². The number of hydrogen-bond donors (Lipinski definition) is 0. The Bertz CT molecular complexity index is 177. The predicted molar refractivity (Wildman–Crippen MR) is 55.9 cm³/mol. The molecule has 0 saturated heterocycles. The summed E-state index contributed by atoms with van der Waals surface area (Å²) in [6.07, 6.45) is 8.96. The van der Waals surface area contributed by atoms with Crippen LogP contribution in [0.1, 0.15) is 6.92 Å². The van der Waals surface area contributed by atoms with Crippen molar-refractivity contribution in [1.82, 2.24) is 0 Å². The molecule has 0 heterocycles. The summed E-state index contributed by atoms with van der Waals surface area (Å²) in [5, 5.41) is 0. The van der Waals surface area contributed by atoms with E-state index in [1.54, 1.807) is 0 Å². The maximum absolute atomic E-state index is 2.41. The van der Waals surface area contributed by atoms with Crippen LogP contribution < -0.4 is 12.4 Å². The molecule has 0 nitrogen and oxygen atoms in total. The molecule has 2 heteroatoms. The standard InChI is InChI=1S/C10H18P.ClH/c1-9(11(2,3)4)10-7-5-6-8-10;/h5-10H,1-4H3;1H/q+1;/p-1. The lowest BCUT2D eigenvalue weighted by Crippen LogP contribution is -3.00. The molecular weight excluding hydrogens is 187 g/mol. The van der Waals surface area contributed by atoms with Crippen molar-refractivity contribution < 1.29 is 12.4 Å². The molecule has 1 rings (SSSR count). The van der Waals surface area contributed by atoms with Crippen molar-refractivity contribution in [3.63, 3.8) is 0 Å². The highest BCUT2D eigenvalue weighted by Crippen LogP contribution is 2.55. The third-order valence-electron chi connectivity index (χ3n) is 2.56. The van der Waals surface area contributed by atoms with Gasteiger partial charge in [-0.3, -0.25) is 0 Å². The molecule has 70 valence electrons. The lowest BCUT2D eigenvalue weighted by Gasteiger charge is -2.24. The summed E-state index contributed by atoms with van der Waals surface area (Å²) in [7, 11) is -0.658. The Morgan fingerprint density at radius 2 is 1.50 bits per heavy atom. The Morgan fingerprint density at radius 3 is 1.83 bits per heavy atom. The summed E-state index contributed by atoms with van der Waals surface area (Å²) >= 11 is 0. The third-order valence-corrected chi connectivity index (χ3v) is 5.34. The molecule has 0 aliphatic heterocycles. The van der Waals surface area contributed by atoms with Crippen molar-refractivity contribution in [2.45, 2.75) is 12.6 Å². The van der Waals surface area contributed by atoms with Gasteiger partial charge in [0.15, 0.2) is 0 Å². The normalized spacial score (nSPS) is 19.3. The van der Waals surface area contributed by atoms with E-state index in [4.69, 9.17) is 0 Å². The monoisotopic (exact) mass is 204 g/mol. The first kappa shape index (κ1) is 12.2. The van der Waals surface area contributed by atoms with Gasteiger partial charge in [0, 0.05) is 33.2 Å². The minimum atomic E-state index is -0.658. The van der Waals surface area contributed by atoms with E-state index in [0.29, 0.717) is 5.92 Å². The average molecular weight is 205 g/mol. The van der Waals surface area contributed by atoms with Crippen molar-refractivity contribution in [3.05, 3.63) is 24.3 Å². The molecule has 0 amide bonds. The Balaban J connectivity index is 0.00000121. The molecule has 1 aliphatic rings. The Kier molecular flexibility index (Phi) is 4.51. The van der Waals surface area contributed by atoms with Crippen molar-refractivity contribution in [2.75, 3.05) is 20.0 Å². The van der Waals surface area contributed by atoms with Gasteiger partial charge in [0.2, 0.25) is 0 Å². The quantitative estimate of drug-likeness (QED) is 0.557. The van der Waals surface area contributed by atoms with E-state index in [1.165, 1.54) is 0 Å². The van der Waals surface area contributed by atoms with Crippen LogP contribution in [0.2, 0.25) is 0 Å². The van der Waals surface area contributed by atoms with Crippen LogP contribution in [-0.4, -0.2) is 25.7 Å². The van der Waals surface area contributed by atoms with Gasteiger partial charge in [-0.1, -0.05) is 24.3 Å². The molecule has 0 aromatic rings. The highest BCUT2D eigenvalue weighted by molar-refractivity contribution is 7.74. The molecule has 0 fully saturated rings. The molecule has 0 saturated carbocycles. The maximum atomic E-state index is 2.41. The van der Waals surface area contributed by atoms with E-state index in [1.807, 2.05) is 0 Å². The van der Waals surface area contributed by atoms with Crippen molar-refractivity contribution in [1.29, 1.82) is 0 Å². The van der Waals surface area contributed by atoms with Crippen LogP contribution >= 0.6 is 7.26 Å². The molecule has 0 radical (unpaired) electrons. The molecule has 1 atom stereocenters. The Morgan fingerprint density at radius 1 is 1.08 bits per heavy atom. The van der Waals surface area contributed by atoms with Crippen LogP contribution in [0.25, 0.3) is 0 Å².